The van der Waals surface area contributed by atoms with Crippen molar-refractivity contribution in [2.24, 2.45) is 0 Å². The van der Waals surface area contributed by atoms with Crippen molar-refractivity contribution in [1.29, 1.82) is 0 Å². The Morgan fingerprint density at radius 3 is 2.33 bits per heavy atom. The van der Waals surface area contributed by atoms with Gasteiger partial charge in [0.15, 0.2) is 0 Å². The first-order valence-electron chi connectivity index (χ1n) is 7.12. The Kier molecular flexibility index (Phi) is 4.33. The van der Waals surface area contributed by atoms with Gasteiger partial charge in [0, 0.05) is 23.1 Å². The molecule has 4 N–H and O–H groups in total. The summed E-state index contributed by atoms with van der Waals surface area (Å²) < 4.78 is 12.9. The number of nitrogen functional groups attached to an aromatic ring is 1. The molecular weight excluding hydrogens is 309 g/mol. The van der Waals surface area contributed by atoms with E-state index in [2.05, 4.69) is 20.6 Å². The Balaban J connectivity index is 1.73. The van der Waals surface area contributed by atoms with Crippen molar-refractivity contribution in [2.75, 3.05) is 16.4 Å². The van der Waals surface area contributed by atoms with Crippen LogP contribution in [0.2, 0.25) is 0 Å². The van der Waals surface area contributed by atoms with Crippen LogP contribution in [0.4, 0.5) is 27.3 Å². The van der Waals surface area contributed by atoms with Gasteiger partial charge in [0.1, 0.15) is 23.7 Å². The molecule has 0 aliphatic rings. The van der Waals surface area contributed by atoms with E-state index in [1.54, 1.807) is 24.3 Å². The van der Waals surface area contributed by atoms with Gasteiger partial charge in [-0.3, -0.25) is 4.79 Å². The SMILES string of the molecule is Nc1ccc(Nc2cc(C(=O)Nc3ccc(F)cc3)ncn2)cc1. The molecule has 0 fully saturated rings. The number of rotatable bonds is 4. The van der Waals surface area contributed by atoms with Crippen LogP contribution in [0.1, 0.15) is 10.5 Å². The topological polar surface area (TPSA) is 92.9 Å². The van der Waals surface area contributed by atoms with E-state index in [1.165, 1.54) is 36.7 Å². The summed E-state index contributed by atoms with van der Waals surface area (Å²) >= 11 is 0. The van der Waals surface area contributed by atoms with Gasteiger partial charge >= 0.3 is 0 Å². The predicted molar refractivity (Wildman–Crippen MR) is 90.5 cm³/mol. The minimum Gasteiger partial charge on any atom is -0.399 e. The number of carbonyl (C=O) groups is 1. The molecule has 0 atom stereocenters. The second kappa shape index (κ2) is 6.74. The molecule has 6 nitrogen and oxygen atoms in total. The van der Waals surface area contributed by atoms with Gasteiger partial charge in [0.25, 0.3) is 5.91 Å². The zero-order chi connectivity index (χ0) is 16.9. The molecule has 0 radical (unpaired) electrons. The molecule has 0 bridgehead atoms. The molecule has 0 spiro atoms. The normalized spacial score (nSPS) is 10.2. The summed E-state index contributed by atoms with van der Waals surface area (Å²) in [6.07, 6.45) is 1.29. The zero-order valence-electron chi connectivity index (χ0n) is 12.5. The third-order valence-corrected chi connectivity index (χ3v) is 3.18. The van der Waals surface area contributed by atoms with Crippen LogP contribution >= 0.6 is 0 Å². The molecule has 1 aromatic heterocycles. The number of hydrogen-bond acceptors (Lipinski definition) is 5. The fourth-order valence-corrected chi connectivity index (χ4v) is 1.99. The summed E-state index contributed by atoms with van der Waals surface area (Å²) in [6, 6.07) is 14.1. The highest BCUT2D eigenvalue weighted by Crippen LogP contribution is 2.17. The summed E-state index contributed by atoms with van der Waals surface area (Å²) in [5, 5.41) is 5.71. The van der Waals surface area contributed by atoms with Crippen molar-refractivity contribution in [3.63, 3.8) is 0 Å². The minimum atomic E-state index is -0.413. The van der Waals surface area contributed by atoms with Gasteiger partial charge in [-0.2, -0.15) is 0 Å². The van der Waals surface area contributed by atoms with Crippen LogP contribution in [-0.4, -0.2) is 15.9 Å². The number of nitrogens with two attached hydrogens (primary N) is 1. The number of carbonyl (C=O) groups excluding carboxylic acids is 1. The standard InChI is InChI=1S/C17H14FN5O/c18-11-1-5-14(6-2-11)23-17(24)15-9-16(21-10-20-15)22-13-7-3-12(19)4-8-13/h1-10H,19H2,(H,23,24)(H,20,21,22). The molecule has 120 valence electrons. The Morgan fingerprint density at radius 1 is 0.958 bits per heavy atom. The highest BCUT2D eigenvalue weighted by atomic mass is 19.1. The van der Waals surface area contributed by atoms with Crippen LogP contribution in [0.15, 0.2) is 60.9 Å². The molecule has 0 unspecified atom stereocenters. The first-order chi connectivity index (χ1) is 11.6. The van der Waals surface area contributed by atoms with Crippen LogP contribution in [0.25, 0.3) is 0 Å². The van der Waals surface area contributed by atoms with Crippen LogP contribution in [0, 0.1) is 5.82 Å². The number of aromatic nitrogens is 2. The molecule has 3 aromatic rings. The van der Waals surface area contributed by atoms with E-state index in [0.717, 1.165) is 5.69 Å². The third-order valence-electron chi connectivity index (χ3n) is 3.18. The lowest BCUT2D eigenvalue weighted by molar-refractivity contribution is 0.102. The lowest BCUT2D eigenvalue weighted by Crippen LogP contribution is -2.14. The molecule has 7 heteroatoms. The first-order valence-corrected chi connectivity index (χ1v) is 7.12. The molecule has 0 saturated carbocycles. The highest BCUT2D eigenvalue weighted by Gasteiger charge is 2.09. The molecule has 2 aromatic carbocycles. The number of halogens is 1. The predicted octanol–water partition coefficient (Wildman–Crippen LogP) is 3.19. The quantitative estimate of drug-likeness (QED) is 0.641. The Labute approximate surface area is 137 Å². The van der Waals surface area contributed by atoms with E-state index in [4.69, 9.17) is 5.73 Å². The molecule has 1 amide bonds. The van der Waals surface area contributed by atoms with Crippen LogP contribution in [0.5, 0.6) is 0 Å². The van der Waals surface area contributed by atoms with Gasteiger partial charge in [0.05, 0.1) is 0 Å². The summed E-state index contributed by atoms with van der Waals surface area (Å²) in [6.45, 7) is 0. The van der Waals surface area contributed by atoms with Gasteiger partial charge in [-0.25, -0.2) is 14.4 Å². The minimum absolute atomic E-state index is 0.187. The van der Waals surface area contributed by atoms with Crippen LogP contribution < -0.4 is 16.4 Å². The maximum atomic E-state index is 12.9. The summed E-state index contributed by atoms with van der Waals surface area (Å²) in [5.41, 5.74) is 7.74. The van der Waals surface area contributed by atoms with Crippen molar-refractivity contribution in [1.82, 2.24) is 9.97 Å². The maximum absolute atomic E-state index is 12.9. The monoisotopic (exact) mass is 323 g/mol. The molecule has 3 rings (SSSR count). The van der Waals surface area contributed by atoms with Crippen molar-refractivity contribution in [3.8, 4) is 0 Å². The lowest BCUT2D eigenvalue weighted by Gasteiger charge is -2.08. The molecular formula is C17H14FN5O. The van der Waals surface area contributed by atoms with E-state index in [1.807, 2.05) is 0 Å². The summed E-state index contributed by atoms with van der Waals surface area (Å²) in [4.78, 5) is 20.2. The van der Waals surface area contributed by atoms with Crippen molar-refractivity contribution >= 4 is 28.8 Å². The van der Waals surface area contributed by atoms with E-state index in [9.17, 15) is 9.18 Å². The largest absolute Gasteiger partial charge is 0.399 e. The number of hydrogen-bond donors (Lipinski definition) is 3. The fraction of sp³-hybridized carbons (Fsp3) is 0. The van der Waals surface area contributed by atoms with Gasteiger partial charge < -0.3 is 16.4 Å². The Bertz CT molecular complexity index is 850. The summed E-state index contributed by atoms with van der Waals surface area (Å²) in [7, 11) is 0. The highest BCUT2D eigenvalue weighted by molar-refractivity contribution is 6.03. The number of nitrogens with zero attached hydrogens (tertiary/aromatic N) is 2. The van der Waals surface area contributed by atoms with Crippen LogP contribution in [0.3, 0.4) is 0 Å². The Morgan fingerprint density at radius 2 is 1.62 bits per heavy atom. The zero-order valence-corrected chi connectivity index (χ0v) is 12.5. The average molecular weight is 323 g/mol. The third kappa shape index (κ3) is 3.83. The summed E-state index contributed by atoms with van der Waals surface area (Å²) in [5.74, 6) is -0.312. The molecule has 0 aliphatic heterocycles. The molecule has 0 aliphatic carbocycles. The van der Waals surface area contributed by atoms with E-state index in [0.29, 0.717) is 17.2 Å². The molecule has 1 heterocycles. The van der Waals surface area contributed by atoms with Crippen LogP contribution in [-0.2, 0) is 0 Å². The lowest BCUT2D eigenvalue weighted by atomic mass is 10.2. The number of nitrogens with one attached hydrogen (secondary N) is 2. The number of benzene rings is 2. The van der Waals surface area contributed by atoms with Gasteiger partial charge in [-0.05, 0) is 48.5 Å². The van der Waals surface area contributed by atoms with Gasteiger partial charge in [0.2, 0.25) is 0 Å². The molecule has 24 heavy (non-hydrogen) atoms. The second-order valence-corrected chi connectivity index (χ2v) is 5.00. The van der Waals surface area contributed by atoms with Crippen molar-refractivity contribution in [2.45, 2.75) is 0 Å². The smallest absolute Gasteiger partial charge is 0.274 e. The van der Waals surface area contributed by atoms with E-state index >= 15 is 0 Å². The second-order valence-electron chi connectivity index (χ2n) is 5.00. The van der Waals surface area contributed by atoms with Gasteiger partial charge in [-0.15, -0.1) is 0 Å². The Hall–Kier alpha value is -3.48. The van der Waals surface area contributed by atoms with E-state index in [-0.39, 0.29) is 11.5 Å². The van der Waals surface area contributed by atoms with Gasteiger partial charge in [-0.1, -0.05) is 0 Å². The number of amides is 1. The van der Waals surface area contributed by atoms with E-state index < -0.39 is 5.91 Å². The first kappa shape index (κ1) is 15.4. The number of anilines is 4. The van der Waals surface area contributed by atoms with Crippen molar-refractivity contribution in [3.05, 3.63) is 72.4 Å². The molecule has 0 saturated heterocycles. The fourth-order valence-electron chi connectivity index (χ4n) is 1.99. The average Bonchev–Trinajstić information content (AvgIpc) is 2.59. The van der Waals surface area contributed by atoms with Crippen molar-refractivity contribution < 1.29 is 9.18 Å². The maximum Gasteiger partial charge on any atom is 0.274 e.